The predicted molar refractivity (Wildman–Crippen MR) is 145 cm³/mol. The Kier molecular flexibility index (Phi) is 5.60. The highest BCUT2D eigenvalue weighted by Crippen LogP contribution is 2.39. The summed E-state index contributed by atoms with van der Waals surface area (Å²) in [6, 6.07) is 26.7. The minimum Gasteiger partial charge on any atom is -0.353 e. The van der Waals surface area contributed by atoms with Gasteiger partial charge in [0.15, 0.2) is 0 Å². The number of fused-ring (bicyclic) bond motifs is 3. The minimum atomic E-state index is 0.498. The molecular formula is C29H30N4S. The molecule has 1 atom stereocenters. The third-order valence-corrected chi connectivity index (χ3v) is 8.10. The van der Waals surface area contributed by atoms with E-state index in [0.29, 0.717) is 6.04 Å². The molecule has 0 radical (unpaired) electrons. The summed E-state index contributed by atoms with van der Waals surface area (Å²) in [5, 5.41) is 7.49. The van der Waals surface area contributed by atoms with Gasteiger partial charge in [-0.1, -0.05) is 54.6 Å². The van der Waals surface area contributed by atoms with E-state index in [4.69, 9.17) is 4.99 Å². The van der Waals surface area contributed by atoms with Crippen LogP contribution in [0.2, 0.25) is 0 Å². The Bertz CT molecular complexity index is 1370. The highest BCUT2D eigenvalue weighted by molar-refractivity contribution is 7.16. The molecule has 2 aliphatic rings. The Balaban J connectivity index is 1.25. The molecule has 0 aliphatic carbocycles. The standard InChI is InChI=1S/C29H30N4S/c1-20-17-25-28(30-26-9-5-6-10-27(26)31-29(25)34-20)33-16-15-32(2)24(19-33)14-12-21-11-13-22-7-3-4-8-23(22)18-21/h3-11,13,17-18,24,31H,12,14-16,19H2,1-2H3. The third-order valence-electron chi connectivity index (χ3n) is 7.13. The number of likely N-dealkylation sites (N-methyl/N-ethyl adjacent to an activating group) is 1. The molecule has 1 aromatic heterocycles. The van der Waals surface area contributed by atoms with Crippen LogP contribution in [-0.4, -0.2) is 48.4 Å². The van der Waals surface area contributed by atoms with Crippen molar-refractivity contribution in [2.75, 3.05) is 32.0 Å². The number of aliphatic imine (C=N–C) groups is 1. The third kappa shape index (κ3) is 4.10. The van der Waals surface area contributed by atoms with Crippen molar-refractivity contribution in [3.05, 3.63) is 88.8 Å². The van der Waals surface area contributed by atoms with E-state index in [0.717, 1.165) is 49.7 Å². The molecular weight excluding hydrogens is 436 g/mol. The van der Waals surface area contributed by atoms with Gasteiger partial charge in [-0.05, 0) is 61.3 Å². The largest absolute Gasteiger partial charge is 0.353 e. The van der Waals surface area contributed by atoms with Crippen LogP contribution in [0.25, 0.3) is 10.8 Å². The molecule has 172 valence electrons. The first-order valence-electron chi connectivity index (χ1n) is 12.1. The van der Waals surface area contributed by atoms with Gasteiger partial charge in [0.1, 0.15) is 10.8 Å². The van der Waals surface area contributed by atoms with E-state index in [2.05, 4.69) is 102 Å². The first-order chi connectivity index (χ1) is 16.6. The summed E-state index contributed by atoms with van der Waals surface area (Å²) in [4.78, 5) is 11.6. The Labute approximate surface area is 205 Å². The fourth-order valence-electron chi connectivity index (χ4n) is 5.17. The van der Waals surface area contributed by atoms with Crippen LogP contribution in [0.3, 0.4) is 0 Å². The van der Waals surface area contributed by atoms with Crippen LogP contribution in [0.1, 0.15) is 22.4 Å². The van der Waals surface area contributed by atoms with Gasteiger partial charge < -0.3 is 10.2 Å². The zero-order valence-electron chi connectivity index (χ0n) is 19.8. The topological polar surface area (TPSA) is 30.9 Å². The maximum absolute atomic E-state index is 5.20. The number of aryl methyl sites for hydroxylation is 2. The lowest BCUT2D eigenvalue weighted by Crippen LogP contribution is -2.53. The maximum atomic E-state index is 5.20. The van der Waals surface area contributed by atoms with Crippen molar-refractivity contribution in [1.82, 2.24) is 9.80 Å². The monoisotopic (exact) mass is 466 g/mol. The van der Waals surface area contributed by atoms with Gasteiger partial charge in [-0.3, -0.25) is 4.90 Å². The smallest absolute Gasteiger partial charge is 0.139 e. The van der Waals surface area contributed by atoms with Crippen LogP contribution in [0.4, 0.5) is 16.4 Å². The Morgan fingerprint density at radius 3 is 2.71 bits per heavy atom. The Hall–Kier alpha value is -3.15. The molecule has 0 saturated carbocycles. The van der Waals surface area contributed by atoms with Crippen LogP contribution in [-0.2, 0) is 6.42 Å². The average Bonchev–Trinajstić information content (AvgIpc) is 3.15. The number of hydrogen-bond acceptors (Lipinski definition) is 5. The number of nitrogens with one attached hydrogen (secondary N) is 1. The van der Waals surface area contributed by atoms with Crippen molar-refractivity contribution < 1.29 is 0 Å². The summed E-state index contributed by atoms with van der Waals surface area (Å²) in [6.07, 6.45) is 2.23. The molecule has 1 N–H and O–H groups in total. The van der Waals surface area contributed by atoms with Gasteiger partial charge >= 0.3 is 0 Å². The number of para-hydroxylation sites is 2. The summed E-state index contributed by atoms with van der Waals surface area (Å²) in [5.41, 5.74) is 4.76. The maximum Gasteiger partial charge on any atom is 0.139 e. The molecule has 4 aromatic rings. The van der Waals surface area contributed by atoms with Crippen LogP contribution >= 0.6 is 11.3 Å². The van der Waals surface area contributed by atoms with Crippen molar-refractivity contribution in [3.63, 3.8) is 0 Å². The normalized spacial score (nSPS) is 18.1. The molecule has 0 amide bonds. The Morgan fingerprint density at radius 1 is 0.971 bits per heavy atom. The van der Waals surface area contributed by atoms with Gasteiger partial charge in [0.2, 0.25) is 0 Å². The molecule has 1 saturated heterocycles. The molecule has 1 fully saturated rings. The average molecular weight is 467 g/mol. The lowest BCUT2D eigenvalue weighted by Gasteiger charge is -2.41. The molecule has 0 spiro atoms. The van der Waals surface area contributed by atoms with Gasteiger partial charge in [0.05, 0.1) is 16.9 Å². The van der Waals surface area contributed by atoms with Crippen molar-refractivity contribution in [3.8, 4) is 0 Å². The van der Waals surface area contributed by atoms with Crippen LogP contribution < -0.4 is 5.32 Å². The van der Waals surface area contributed by atoms with Crippen LogP contribution in [0.5, 0.6) is 0 Å². The number of rotatable bonds is 3. The molecule has 6 rings (SSSR count). The molecule has 3 aromatic carbocycles. The molecule has 4 nitrogen and oxygen atoms in total. The van der Waals surface area contributed by atoms with E-state index in [9.17, 15) is 0 Å². The number of thiophene rings is 1. The minimum absolute atomic E-state index is 0.498. The summed E-state index contributed by atoms with van der Waals surface area (Å²) in [6.45, 7) is 5.23. The summed E-state index contributed by atoms with van der Waals surface area (Å²) >= 11 is 1.82. The van der Waals surface area contributed by atoms with Crippen molar-refractivity contribution in [1.29, 1.82) is 0 Å². The van der Waals surface area contributed by atoms with Crippen molar-refractivity contribution >= 4 is 44.3 Å². The number of amidine groups is 1. The van der Waals surface area contributed by atoms with Crippen LogP contribution in [0, 0.1) is 6.92 Å². The van der Waals surface area contributed by atoms with E-state index in [1.165, 1.54) is 31.8 Å². The molecule has 0 bridgehead atoms. The molecule has 1 unspecified atom stereocenters. The number of piperazine rings is 1. The molecule has 3 heterocycles. The second-order valence-electron chi connectivity index (χ2n) is 9.48. The molecule has 2 aliphatic heterocycles. The fraction of sp³-hybridized carbons (Fsp3) is 0.276. The lowest BCUT2D eigenvalue weighted by molar-refractivity contribution is 0.134. The van der Waals surface area contributed by atoms with E-state index < -0.39 is 0 Å². The Morgan fingerprint density at radius 2 is 1.79 bits per heavy atom. The number of nitrogens with zero attached hydrogens (tertiary/aromatic N) is 3. The van der Waals surface area contributed by atoms with E-state index in [-0.39, 0.29) is 0 Å². The highest BCUT2D eigenvalue weighted by Gasteiger charge is 2.30. The van der Waals surface area contributed by atoms with Gasteiger partial charge in [0, 0.05) is 30.6 Å². The zero-order valence-corrected chi connectivity index (χ0v) is 20.6. The SMILES string of the molecule is Cc1cc2c(s1)Nc1ccccc1N=C2N1CCN(C)C(CCc2ccc3ccccc3c2)C1. The summed E-state index contributed by atoms with van der Waals surface area (Å²) in [5.74, 6) is 1.11. The second-order valence-corrected chi connectivity index (χ2v) is 10.7. The first-order valence-corrected chi connectivity index (χ1v) is 12.9. The predicted octanol–water partition coefficient (Wildman–Crippen LogP) is 6.59. The quantitative estimate of drug-likeness (QED) is 0.369. The number of hydrogen-bond donors (Lipinski definition) is 1. The van der Waals surface area contributed by atoms with Gasteiger partial charge in [-0.25, -0.2) is 4.99 Å². The summed E-state index contributed by atoms with van der Waals surface area (Å²) in [7, 11) is 2.27. The number of benzene rings is 3. The van der Waals surface area contributed by atoms with E-state index >= 15 is 0 Å². The summed E-state index contributed by atoms with van der Waals surface area (Å²) < 4.78 is 0. The number of anilines is 2. The van der Waals surface area contributed by atoms with Gasteiger partial charge in [-0.15, -0.1) is 11.3 Å². The van der Waals surface area contributed by atoms with Gasteiger partial charge in [-0.2, -0.15) is 0 Å². The lowest BCUT2D eigenvalue weighted by atomic mass is 9.99. The zero-order chi connectivity index (χ0) is 23.1. The van der Waals surface area contributed by atoms with E-state index in [1.54, 1.807) is 0 Å². The van der Waals surface area contributed by atoms with Crippen LogP contribution in [0.15, 0.2) is 77.8 Å². The first kappa shape index (κ1) is 21.4. The van der Waals surface area contributed by atoms with E-state index in [1.807, 2.05) is 11.3 Å². The van der Waals surface area contributed by atoms with Crippen molar-refractivity contribution in [2.24, 2.45) is 4.99 Å². The van der Waals surface area contributed by atoms with Crippen molar-refractivity contribution in [2.45, 2.75) is 25.8 Å². The van der Waals surface area contributed by atoms with Gasteiger partial charge in [0.25, 0.3) is 0 Å². The highest BCUT2D eigenvalue weighted by atomic mass is 32.1. The molecule has 5 heteroatoms. The second kappa shape index (κ2) is 8.90. The fourth-order valence-corrected chi connectivity index (χ4v) is 6.09. The molecule has 34 heavy (non-hydrogen) atoms.